The number of rotatable bonds is 10. The van der Waals surface area contributed by atoms with E-state index in [4.69, 9.17) is 18.9 Å². The van der Waals surface area contributed by atoms with Gasteiger partial charge in [-0.2, -0.15) is 0 Å². The van der Waals surface area contributed by atoms with Crippen LogP contribution in [0.2, 0.25) is 0 Å². The quantitative estimate of drug-likeness (QED) is 0.572. The van der Waals surface area contributed by atoms with E-state index in [0.717, 1.165) is 0 Å². The lowest BCUT2D eigenvalue weighted by Crippen LogP contribution is -2.27. The molecule has 0 N–H and O–H groups in total. The molecule has 0 aromatic carbocycles. The summed E-state index contributed by atoms with van der Waals surface area (Å²) in [5.74, 6) is -0.292. The van der Waals surface area contributed by atoms with Crippen LogP contribution >= 0.6 is 0 Å². The van der Waals surface area contributed by atoms with Gasteiger partial charge in [-0.1, -0.05) is 0 Å². The van der Waals surface area contributed by atoms with Crippen LogP contribution in [0.25, 0.3) is 0 Å². The molecule has 0 saturated heterocycles. The third-order valence-electron chi connectivity index (χ3n) is 2.26. The molecule has 114 valence electrons. The maximum absolute atomic E-state index is 10.6. The lowest BCUT2D eigenvalue weighted by molar-refractivity contribution is -0.146. The number of hydrogen-bond acceptors (Lipinski definition) is 5. The second kappa shape index (κ2) is 10.2. The summed E-state index contributed by atoms with van der Waals surface area (Å²) in [5, 5.41) is 0. The van der Waals surface area contributed by atoms with Gasteiger partial charge in [0.05, 0.1) is 37.6 Å². The minimum Gasteiger partial charge on any atom is -0.463 e. The van der Waals surface area contributed by atoms with Gasteiger partial charge in [-0.15, -0.1) is 0 Å². The Hall–Kier alpha value is -0.650. The highest BCUT2D eigenvalue weighted by Crippen LogP contribution is 2.02. The Morgan fingerprint density at radius 3 is 1.79 bits per heavy atom. The molecule has 0 rings (SSSR count). The minimum absolute atomic E-state index is 0.0157. The number of hydrogen-bond donors (Lipinski definition) is 0. The summed E-state index contributed by atoms with van der Waals surface area (Å²) in [7, 11) is 0. The Labute approximate surface area is 116 Å². The Balaban J connectivity index is 3.63. The van der Waals surface area contributed by atoms with Crippen LogP contribution in [0.5, 0.6) is 0 Å². The fraction of sp³-hybridized carbons (Fsp3) is 0.929. The molecule has 0 heterocycles. The molecule has 0 aliphatic heterocycles. The fourth-order valence-corrected chi connectivity index (χ4v) is 1.43. The maximum Gasteiger partial charge on any atom is 0.302 e. The van der Waals surface area contributed by atoms with Gasteiger partial charge >= 0.3 is 5.97 Å². The predicted octanol–water partition coefficient (Wildman–Crippen LogP) is 2.17. The van der Waals surface area contributed by atoms with E-state index in [9.17, 15) is 4.79 Å². The van der Waals surface area contributed by atoms with Gasteiger partial charge in [-0.05, 0) is 34.6 Å². The van der Waals surface area contributed by atoms with Crippen molar-refractivity contribution in [1.82, 2.24) is 0 Å². The molecule has 0 radical (unpaired) electrons. The van der Waals surface area contributed by atoms with E-state index < -0.39 is 0 Å². The molecular weight excluding hydrogens is 248 g/mol. The summed E-state index contributed by atoms with van der Waals surface area (Å²) >= 11 is 0. The molecule has 0 spiro atoms. The largest absolute Gasteiger partial charge is 0.463 e. The Bertz CT molecular complexity index is 242. The normalized spacial score (nSPS) is 16.2. The van der Waals surface area contributed by atoms with Gasteiger partial charge in [-0.3, -0.25) is 4.79 Å². The first kappa shape index (κ1) is 18.4. The molecule has 0 aromatic heterocycles. The molecule has 3 atom stereocenters. The third-order valence-corrected chi connectivity index (χ3v) is 2.26. The lowest BCUT2D eigenvalue weighted by Gasteiger charge is -2.20. The molecule has 0 aromatic rings. The summed E-state index contributed by atoms with van der Waals surface area (Å²) < 4.78 is 21.6. The molecule has 0 amide bonds. The standard InChI is InChI=1S/C14H28O5/c1-10(2)19-13(5)9-17-11(3)7-16-12(4)8-18-14(6)15/h10-13H,7-9H2,1-6H3. The SMILES string of the molecule is CC(=O)OCC(C)OCC(C)OCC(C)OC(C)C. The van der Waals surface area contributed by atoms with Crippen LogP contribution in [-0.4, -0.2) is 50.2 Å². The summed E-state index contributed by atoms with van der Waals surface area (Å²) in [5.41, 5.74) is 0. The zero-order chi connectivity index (χ0) is 14.8. The first-order valence-electron chi connectivity index (χ1n) is 6.83. The van der Waals surface area contributed by atoms with Crippen LogP contribution < -0.4 is 0 Å². The van der Waals surface area contributed by atoms with E-state index in [0.29, 0.717) is 13.2 Å². The summed E-state index contributed by atoms with van der Waals surface area (Å²) in [6.07, 6.45) is 0.132. The van der Waals surface area contributed by atoms with Crippen molar-refractivity contribution in [3.8, 4) is 0 Å². The smallest absolute Gasteiger partial charge is 0.302 e. The molecule has 5 nitrogen and oxygen atoms in total. The zero-order valence-electron chi connectivity index (χ0n) is 13.0. The van der Waals surface area contributed by atoms with Crippen molar-refractivity contribution in [1.29, 1.82) is 0 Å². The van der Waals surface area contributed by atoms with E-state index in [-0.39, 0.29) is 37.0 Å². The molecule has 0 aliphatic carbocycles. The van der Waals surface area contributed by atoms with Crippen LogP contribution in [0.4, 0.5) is 0 Å². The molecule has 0 fully saturated rings. The van der Waals surface area contributed by atoms with Gasteiger partial charge in [0.15, 0.2) is 0 Å². The molecule has 0 bridgehead atoms. The van der Waals surface area contributed by atoms with Gasteiger partial charge in [0.25, 0.3) is 0 Å². The van der Waals surface area contributed by atoms with E-state index in [1.54, 1.807) is 0 Å². The van der Waals surface area contributed by atoms with Crippen molar-refractivity contribution in [3.05, 3.63) is 0 Å². The molecule has 19 heavy (non-hydrogen) atoms. The van der Waals surface area contributed by atoms with Crippen LogP contribution in [0, 0.1) is 0 Å². The van der Waals surface area contributed by atoms with Crippen molar-refractivity contribution >= 4 is 5.97 Å². The van der Waals surface area contributed by atoms with Crippen molar-refractivity contribution in [2.45, 2.75) is 66.0 Å². The van der Waals surface area contributed by atoms with Gasteiger partial charge < -0.3 is 18.9 Å². The molecule has 0 aliphatic rings. The number of ether oxygens (including phenoxy) is 4. The summed E-state index contributed by atoms with van der Waals surface area (Å²) in [4.78, 5) is 10.6. The highest BCUT2D eigenvalue weighted by atomic mass is 16.6. The molecule has 3 unspecified atom stereocenters. The second-order valence-corrected chi connectivity index (χ2v) is 5.09. The maximum atomic E-state index is 10.6. The topological polar surface area (TPSA) is 54.0 Å². The Morgan fingerprint density at radius 2 is 1.32 bits per heavy atom. The number of carbonyl (C=O) groups is 1. The second-order valence-electron chi connectivity index (χ2n) is 5.09. The average molecular weight is 276 g/mol. The van der Waals surface area contributed by atoms with Crippen LogP contribution in [0.1, 0.15) is 41.5 Å². The van der Waals surface area contributed by atoms with E-state index >= 15 is 0 Å². The van der Waals surface area contributed by atoms with Crippen LogP contribution in [0.15, 0.2) is 0 Å². The first-order valence-corrected chi connectivity index (χ1v) is 6.83. The van der Waals surface area contributed by atoms with Crippen LogP contribution in [0.3, 0.4) is 0 Å². The highest BCUT2D eigenvalue weighted by Gasteiger charge is 2.11. The van der Waals surface area contributed by atoms with Gasteiger partial charge in [-0.25, -0.2) is 0 Å². The average Bonchev–Trinajstić information content (AvgIpc) is 2.30. The van der Waals surface area contributed by atoms with E-state index in [2.05, 4.69) is 0 Å². The highest BCUT2D eigenvalue weighted by molar-refractivity contribution is 5.65. The minimum atomic E-state index is -0.292. The van der Waals surface area contributed by atoms with Crippen LogP contribution in [-0.2, 0) is 23.7 Å². The summed E-state index contributed by atoms with van der Waals surface area (Å²) in [6, 6.07) is 0. The summed E-state index contributed by atoms with van der Waals surface area (Å²) in [6.45, 7) is 12.5. The lowest BCUT2D eigenvalue weighted by atomic mass is 10.3. The first-order chi connectivity index (χ1) is 8.81. The Morgan fingerprint density at radius 1 is 0.842 bits per heavy atom. The van der Waals surface area contributed by atoms with Gasteiger partial charge in [0.1, 0.15) is 6.61 Å². The van der Waals surface area contributed by atoms with Crippen molar-refractivity contribution in [2.75, 3.05) is 19.8 Å². The third kappa shape index (κ3) is 12.1. The van der Waals surface area contributed by atoms with Crippen molar-refractivity contribution in [3.63, 3.8) is 0 Å². The monoisotopic (exact) mass is 276 g/mol. The predicted molar refractivity (Wildman–Crippen MR) is 73.1 cm³/mol. The van der Waals surface area contributed by atoms with E-state index in [1.165, 1.54) is 6.92 Å². The van der Waals surface area contributed by atoms with Crippen molar-refractivity contribution < 1.29 is 23.7 Å². The van der Waals surface area contributed by atoms with Gasteiger partial charge in [0, 0.05) is 6.92 Å². The Kier molecular flexibility index (Phi) is 9.83. The fourth-order valence-electron chi connectivity index (χ4n) is 1.43. The number of esters is 1. The number of carbonyl (C=O) groups excluding carboxylic acids is 1. The zero-order valence-corrected chi connectivity index (χ0v) is 13.0. The van der Waals surface area contributed by atoms with Crippen molar-refractivity contribution in [2.24, 2.45) is 0 Å². The molecule has 5 heteroatoms. The van der Waals surface area contributed by atoms with E-state index in [1.807, 2.05) is 34.6 Å². The van der Waals surface area contributed by atoms with Gasteiger partial charge in [0.2, 0.25) is 0 Å². The molecule has 0 saturated carbocycles. The molecular formula is C14H28O5.